The Morgan fingerprint density at radius 3 is 2.55 bits per heavy atom. The number of aromatic nitrogens is 4. The lowest BCUT2D eigenvalue weighted by molar-refractivity contribution is 0.214. The van der Waals surface area contributed by atoms with Gasteiger partial charge in [0.15, 0.2) is 5.82 Å². The standard InChI is InChI=1S/C11H15N4O3PS/c1-3-16-19(20,17-4-2)18-11-13-9-15(14-11)10-7-5-6-8-12-10/h5-9H,3-4H2,1-2H3. The van der Waals surface area contributed by atoms with Gasteiger partial charge in [0.2, 0.25) is 0 Å². The summed E-state index contributed by atoms with van der Waals surface area (Å²) in [7, 11) is 0. The van der Waals surface area contributed by atoms with Crippen molar-refractivity contribution in [3.8, 4) is 11.8 Å². The Hall–Kier alpha value is -1.34. The van der Waals surface area contributed by atoms with E-state index in [-0.39, 0.29) is 6.01 Å². The van der Waals surface area contributed by atoms with Crippen LogP contribution in [0.1, 0.15) is 13.8 Å². The van der Waals surface area contributed by atoms with Crippen LogP contribution in [0, 0.1) is 0 Å². The maximum atomic E-state index is 5.50. The fourth-order valence-electron chi connectivity index (χ4n) is 1.40. The van der Waals surface area contributed by atoms with Gasteiger partial charge in [0, 0.05) is 18.0 Å². The molecule has 0 saturated carbocycles. The fraction of sp³-hybridized carbons (Fsp3) is 0.364. The average Bonchev–Trinajstić information content (AvgIpc) is 2.88. The van der Waals surface area contributed by atoms with Gasteiger partial charge in [-0.3, -0.25) is 9.05 Å². The molecule has 0 unspecified atom stereocenters. The van der Waals surface area contributed by atoms with E-state index < -0.39 is 6.72 Å². The van der Waals surface area contributed by atoms with E-state index in [0.717, 1.165) is 0 Å². The Balaban J connectivity index is 2.15. The van der Waals surface area contributed by atoms with Crippen molar-refractivity contribution in [3.63, 3.8) is 0 Å². The molecule has 2 aromatic rings. The minimum absolute atomic E-state index is 0.112. The predicted octanol–water partition coefficient (Wildman–Crippen LogP) is 2.34. The second kappa shape index (κ2) is 6.90. The van der Waals surface area contributed by atoms with Gasteiger partial charge in [-0.25, -0.2) is 4.98 Å². The number of pyridine rings is 1. The molecule has 2 heterocycles. The van der Waals surface area contributed by atoms with Gasteiger partial charge in [-0.15, -0.1) is 5.10 Å². The van der Waals surface area contributed by atoms with Crippen molar-refractivity contribution in [1.82, 2.24) is 19.7 Å². The van der Waals surface area contributed by atoms with Crippen LogP contribution in [-0.2, 0) is 20.9 Å². The average molecular weight is 314 g/mol. The number of nitrogens with zero attached hydrogens (tertiary/aromatic N) is 4. The Kier molecular flexibility index (Phi) is 5.19. The summed E-state index contributed by atoms with van der Waals surface area (Å²) in [5.74, 6) is 0.635. The lowest BCUT2D eigenvalue weighted by atomic mass is 10.5. The zero-order valence-electron chi connectivity index (χ0n) is 11.2. The van der Waals surface area contributed by atoms with Gasteiger partial charge in [0.25, 0.3) is 0 Å². The third-order valence-electron chi connectivity index (χ3n) is 2.12. The Labute approximate surface area is 122 Å². The molecule has 9 heteroatoms. The van der Waals surface area contributed by atoms with E-state index in [2.05, 4.69) is 15.1 Å². The smallest absolute Gasteiger partial charge is 0.382 e. The molecule has 0 fully saturated rings. The number of rotatable bonds is 7. The highest BCUT2D eigenvalue weighted by Gasteiger charge is 2.23. The molecule has 0 aliphatic rings. The van der Waals surface area contributed by atoms with Gasteiger partial charge in [0.05, 0.1) is 13.2 Å². The molecular weight excluding hydrogens is 299 g/mol. The summed E-state index contributed by atoms with van der Waals surface area (Å²) in [5.41, 5.74) is 0. The third kappa shape index (κ3) is 3.83. The molecule has 0 spiro atoms. The number of hydrogen-bond donors (Lipinski definition) is 0. The van der Waals surface area contributed by atoms with Crippen molar-refractivity contribution >= 4 is 18.5 Å². The van der Waals surface area contributed by atoms with Crippen LogP contribution in [0.15, 0.2) is 30.7 Å². The summed E-state index contributed by atoms with van der Waals surface area (Å²) in [4.78, 5) is 8.19. The van der Waals surface area contributed by atoms with Crippen LogP contribution >= 0.6 is 6.72 Å². The van der Waals surface area contributed by atoms with Crippen molar-refractivity contribution in [3.05, 3.63) is 30.7 Å². The van der Waals surface area contributed by atoms with E-state index in [1.165, 1.54) is 11.0 Å². The van der Waals surface area contributed by atoms with E-state index >= 15 is 0 Å². The molecule has 0 aliphatic heterocycles. The van der Waals surface area contributed by atoms with Crippen molar-refractivity contribution in [1.29, 1.82) is 0 Å². The van der Waals surface area contributed by atoms with E-state index in [9.17, 15) is 0 Å². The van der Waals surface area contributed by atoms with Gasteiger partial charge in [-0.2, -0.15) is 9.67 Å². The van der Waals surface area contributed by atoms with Crippen LogP contribution in [0.3, 0.4) is 0 Å². The van der Waals surface area contributed by atoms with Crippen LogP contribution < -0.4 is 4.52 Å². The maximum Gasteiger partial charge on any atom is 0.382 e. The topological polar surface area (TPSA) is 71.3 Å². The fourth-order valence-corrected chi connectivity index (χ4v) is 3.32. The summed E-state index contributed by atoms with van der Waals surface area (Å²) in [5, 5.41) is 4.15. The minimum Gasteiger partial charge on any atom is -0.388 e. The summed E-state index contributed by atoms with van der Waals surface area (Å²) >= 11 is 5.25. The van der Waals surface area contributed by atoms with Gasteiger partial charge in [0.1, 0.15) is 6.33 Å². The highest BCUT2D eigenvalue weighted by atomic mass is 32.5. The first kappa shape index (κ1) is 15.1. The molecule has 108 valence electrons. The number of hydrogen-bond acceptors (Lipinski definition) is 7. The highest BCUT2D eigenvalue weighted by molar-refractivity contribution is 8.07. The van der Waals surface area contributed by atoms with Gasteiger partial charge in [-0.1, -0.05) is 6.07 Å². The molecule has 0 aromatic carbocycles. The third-order valence-corrected chi connectivity index (χ3v) is 4.51. The van der Waals surface area contributed by atoms with Crippen molar-refractivity contribution in [2.24, 2.45) is 0 Å². The second-order valence-electron chi connectivity index (χ2n) is 3.53. The normalized spacial score (nSPS) is 11.5. The first-order chi connectivity index (χ1) is 9.67. The Morgan fingerprint density at radius 2 is 1.95 bits per heavy atom. The summed E-state index contributed by atoms with van der Waals surface area (Å²) in [6, 6.07) is 5.59. The second-order valence-corrected chi connectivity index (χ2v) is 6.47. The summed E-state index contributed by atoms with van der Waals surface area (Å²) in [6.07, 6.45) is 3.16. The first-order valence-electron chi connectivity index (χ1n) is 6.08. The molecule has 0 atom stereocenters. The summed E-state index contributed by atoms with van der Waals surface area (Å²) < 4.78 is 17.7. The lowest BCUT2D eigenvalue weighted by Crippen LogP contribution is -2.03. The quantitative estimate of drug-likeness (QED) is 0.726. The molecule has 0 amide bonds. The molecular formula is C11H15N4O3PS. The van der Waals surface area contributed by atoms with Gasteiger partial charge < -0.3 is 4.52 Å². The van der Waals surface area contributed by atoms with E-state index in [4.69, 9.17) is 25.4 Å². The molecule has 0 aliphatic carbocycles. The van der Waals surface area contributed by atoms with E-state index in [1.807, 2.05) is 26.0 Å². The maximum absolute atomic E-state index is 5.50. The first-order valence-corrected chi connectivity index (χ1v) is 8.64. The molecule has 2 aromatic heterocycles. The van der Waals surface area contributed by atoms with Crippen LogP contribution in [0.25, 0.3) is 5.82 Å². The predicted molar refractivity (Wildman–Crippen MR) is 77.3 cm³/mol. The Morgan fingerprint density at radius 1 is 1.20 bits per heavy atom. The molecule has 0 saturated heterocycles. The minimum atomic E-state index is -2.84. The molecule has 2 rings (SSSR count). The zero-order valence-corrected chi connectivity index (χ0v) is 12.9. The van der Waals surface area contributed by atoms with Crippen LogP contribution in [-0.4, -0.2) is 33.0 Å². The lowest BCUT2D eigenvalue weighted by Gasteiger charge is -2.18. The van der Waals surface area contributed by atoms with Gasteiger partial charge in [-0.05, 0) is 26.0 Å². The molecule has 20 heavy (non-hydrogen) atoms. The molecule has 0 N–H and O–H groups in total. The van der Waals surface area contributed by atoms with E-state index in [0.29, 0.717) is 19.0 Å². The Bertz CT molecular complexity index is 582. The van der Waals surface area contributed by atoms with Crippen LogP contribution in [0.4, 0.5) is 0 Å². The van der Waals surface area contributed by atoms with Crippen molar-refractivity contribution < 1.29 is 13.6 Å². The van der Waals surface area contributed by atoms with Crippen molar-refractivity contribution in [2.75, 3.05) is 13.2 Å². The molecule has 0 bridgehead atoms. The van der Waals surface area contributed by atoms with Crippen molar-refractivity contribution in [2.45, 2.75) is 13.8 Å². The van der Waals surface area contributed by atoms with Crippen LogP contribution in [0.5, 0.6) is 6.01 Å². The zero-order chi connectivity index (χ0) is 14.4. The highest BCUT2D eigenvalue weighted by Crippen LogP contribution is 2.48. The largest absolute Gasteiger partial charge is 0.388 e. The SMILES string of the molecule is CCOP(=S)(OCC)Oc1ncn(-c2ccccn2)n1. The molecule has 7 nitrogen and oxygen atoms in total. The summed E-state index contributed by atoms with van der Waals surface area (Å²) in [6.45, 7) is 1.60. The van der Waals surface area contributed by atoms with E-state index in [1.54, 1.807) is 12.3 Å². The van der Waals surface area contributed by atoms with Gasteiger partial charge >= 0.3 is 12.7 Å². The van der Waals surface area contributed by atoms with Crippen LogP contribution in [0.2, 0.25) is 0 Å². The monoisotopic (exact) mass is 314 g/mol. The molecule has 0 radical (unpaired) electrons.